The number of aromatic nitrogens is 1. The maximum absolute atomic E-state index is 12.9. The van der Waals surface area contributed by atoms with E-state index in [-0.39, 0.29) is 11.8 Å². The molecule has 1 aliphatic rings. The number of ether oxygens (including phenoxy) is 1. The Bertz CT molecular complexity index is 1040. The summed E-state index contributed by atoms with van der Waals surface area (Å²) in [5.41, 5.74) is 3.42. The monoisotopic (exact) mass is 377 g/mol. The molecule has 0 fully saturated rings. The summed E-state index contributed by atoms with van der Waals surface area (Å²) in [5, 5.41) is 3.97. The topological polar surface area (TPSA) is 63.6 Å². The van der Waals surface area contributed by atoms with E-state index in [0.29, 0.717) is 18.7 Å². The van der Waals surface area contributed by atoms with Crippen LogP contribution in [0, 0.1) is 0 Å². The molecule has 28 heavy (non-hydrogen) atoms. The predicted octanol–water partition coefficient (Wildman–Crippen LogP) is 3.27. The van der Waals surface area contributed by atoms with Crippen LogP contribution in [0.2, 0.25) is 0 Å². The van der Waals surface area contributed by atoms with Gasteiger partial charge in [-0.1, -0.05) is 24.3 Å². The molecule has 2 heterocycles. The molecule has 2 amide bonds. The lowest BCUT2D eigenvalue weighted by molar-refractivity contribution is -0.120. The second-order valence-corrected chi connectivity index (χ2v) is 7.00. The summed E-state index contributed by atoms with van der Waals surface area (Å²) < 4.78 is 7.25. The molecule has 2 aromatic carbocycles. The first kappa shape index (κ1) is 18.3. The maximum atomic E-state index is 12.9. The molecule has 6 nitrogen and oxygen atoms in total. The van der Waals surface area contributed by atoms with Gasteiger partial charge < -0.3 is 19.5 Å². The van der Waals surface area contributed by atoms with Gasteiger partial charge in [0, 0.05) is 37.3 Å². The number of fused-ring (bicyclic) bond motifs is 2. The molecule has 1 atom stereocenters. The molecule has 144 valence electrons. The predicted molar refractivity (Wildman–Crippen MR) is 108 cm³/mol. The number of hydrogen-bond acceptors (Lipinski definition) is 3. The van der Waals surface area contributed by atoms with Gasteiger partial charge in [0.1, 0.15) is 6.04 Å². The van der Waals surface area contributed by atoms with Gasteiger partial charge in [-0.2, -0.15) is 0 Å². The highest BCUT2D eigenvalue weighted by atomic mass is 16.5. The number of carbonyl (C=O) groups is 2. The second kappa shape index (κ2) is 7.48. The van der Waals surface area contributed by atoms with E-state index in [1.54, 1.807) is 18.9 Å². The number of hydrogen-bond donors (Lipinski definition) is 1. The summed E-state index contributed by atoms with van der Waals surface area (Å²) in [4.78, 5) is 27.1. The van der Waals surface area contributed by atoms with Crippen molar-refractivity contribution in [1.29, 1.82) is 0 Å². The van der Waals surface area contributed by atoms with Crippen molar-refractivity contribution < 1.29 is 14.3 Å². The number of nitrogens with one attached hydrogen (secondary N) is 1. The van der Waals surface area contributed by atoms with E-state index in [1.165, 1.54) is 0 Å². The molecule has 0 spiro atoms. The Morgan fingerprint density at radius 2 is 2.00 bits per heavy atom. The van der Waals surface area contributed by atoms with E-state index in [4.69, 9.17) is 4.74 Å². The van der Waals surface area contributed by atoms with Gasteiger partial charge in [0.2, 0.25) is 5.91 Å². The first-order chi connectivity index (χ1) is 13.6. The minimum Gasteiger partial charge on any atom is -0.383 e. The summed E-state index contributed by atoms with van der Waals surface area (Å²) in [7, 11) is 1.68. The highest BCUT2D eigenvalue weighted by Gasteiger charge is 2.33. The van der Waals surface area contributed by atoms with Crippen LogP contribution in [-0.2, 0) is 22.6 Å². The summed E-state index contributed by atoms with van der Waals surface area (Å²) in [6, 6.07) is 14.7. The number of methoxy groups -OCH3 is 1. The van der Waals surface area contributed by atoms with Crippen molar-refractivity contribution in [1.82, 2.24) is 9.47 Å². The van der Waals surface area contributed by atoms with Crippen LogP contribution in [0.15, 0.2) is 54.7 Å². The summed E-state index contributed by atoms with van der Waals surface area (Å²) in [6.45, 7) is 3.59. The Labute approximate surface area is 163 Å². The number of rotatable bonds is 6. The lowest BCUT2D eigenvalue weighted by atomic mass is 10.1. The lowest BCUT2D eigenvalue weighted by Gasteiger charge is -2.23. The molecule has 1 aromatic heterocycles. The highest BCUT2D eigenvalue weighted by Crippen LogP contribution is 2.27. The summed E-state index contributed by atoms with van der Waals surface area (Å²) in [6.07, 6.45) is 1.99. The van der Waals surface area contributed by atoms with Crippen molar-refractivity contribution in [2.45, 2.75) is 26.1 Å². The van der Waals surface area contributed by atoms with Crippen molar-refractivity contribution in [2.24, 2.45) is 0 Å². The van der Waals surface area contributed by atoms with E-state index in [0.717, 1.165) is 28.7 Å². The largest absolute Gasteiger partial charge is 0.383 e. The normalized spacial score (nSPS) is 14.4. The molecule has 0 unspecified atom stereocenters. The molecule has 0 saturated carbocycles. The van der Waals surface area contributed by atoms with Crippen molar-refractivity contribution in [2.75, 3.05) is 19.0 Å². The third kappa shape index (κ3) is 3.16. The van der Waals surface area contributed by atoms with Crippen molar-refractivity contribution in [3.05, 3.63) is 65.9 Å². The second-order valence-electron chi connectivity index (χ2n) is 7.00. The Balaban J connectivity index is 1.53. The zero-order valence-corrected chi connectivity index (χ0v) is 16.0. The standard InChI is InChI=1S/C22H23N3O3/c1-15(25-14-16-6-3-4-7-17(16)22(25)27)21(26)23-19-8-5-9-20-18(19)10-11-24(20)12-13-28-2/h3-11,15H,12-14H2,1-2H3,(H,23,26)/t15-/m1/s1. The van der Waals surface area contributed by atoms with E-state index in [9.17, 15) is 9.59 Å². The van der Waals surface area contributed by atoms with Gasteiger partial charge >= 0.3 is 0 Å². The minimum absolute atomic E-state index is 0.0952. The van der Waals surface area contributed by atoms with Crippen LogP contribution >= 0.6 is 0 Å². The number of benzene rings is 2. The van der Waals surface area contributed by atoms with Gasteiger partial charge in [-0.3, -0.25) is 9.59 Å². The van der Waals surface area contributed by atoms with Crippen molar-refractivity contribution >= 4 is 28.4 Å². The molecule has 4 rings (SSSR count). The number of amides is 2. The van der Waals surface area contributed by atoms with E-state index in [1.807, 2.05) is 54.7 Å². The van der Waals surface area contributed by atoms with E-state index in [2.05, 4.69) is 9.88 Å². The Morgan fingerprint density at radius 1 is 1.18 bits per heavy atom. The quantitative estimate of drug-likeness (QED) is 0.717. The van der Waals surface area contributed by atoms with Crippen LogP contribution in [0.1, 0.15) is 22.8 Å². The third-order valence-corrected chi connectivity index (χ3v) is 5.30. The minimum atomic E-state index is -0.564. The SMILES string of the molecule is COCCn1ccc2c(NC(=O)[C@@H](C)N3Cc4ccccc4C3=O)cccc21. The van der Waals surface area contributed by atoms with Crippen LogP contribution in [0.25, 0.3) is 10.9 Å². The van der Waals surface area contributed by atoms with Gasteiger partial charge in [0.25, 0.3) is 5.91 Å². The van der Waals surface area contributed by atoms with Gasteiger partial charge in [-0.15, -0.1) is 0 Å². The first-order valence-corrected chi connectivity index (χ1v) is 9.36. The number of nitrogens with zero attached hydrogens (tertiary/aromatic N) is 2. The van der Waals surface area contributed by atoms with Crippen LogP contribution in [-0.4, -0.2) is 41.0 Å². The van der Waals surface area contributed by atoms with Gasteiger partial charge in [0.15, 0.2) is 0 Å². The molecule has 0 bridgehead atoms. The Morgan fingerprint density at radius 3 is 2.79 bits per heavy atom. The lowest BCUT2D eigenvalue weighted by Crippen LogP contribution is -2.42. The molecule has 0 radical (unpaired) electrons. The Kier molecular flexibility index (Phi) is 4.88. The fourth-order valence-electron chi connectivity index (χ4n) is 3.69. The Hall–Kier alpha value is -3.12. The third-order valence-electron chi connectivity index (χ3n) is 5.30. The summed E-state index contributed by atoms with van der Waals surface area (Å²) >= 11 is 0. The molecule has 0 aliphatic carbocycles. The van der Waals surface area contributed by atoms with E-state index >= 15 is 0 Å². The molecule has 0 saturated heterocycles. The maximum Gasteiger partial charge on any atom is 0.255 e. The van der Waals surface area contributed by atoms with Crippen LogP contribution < -0.4 is 5.32 Å². The first-order valence-electron chi connectivity index (χ1n) is 9.36. The fraction of sp³-hybridized carbons (Fsp3) is 0.273. The number of anilines is 1. The molecule has 3 aromatic rings. The molecule has 1 aliphatic heterocycles. The van der Waals surface area contributed by atoms with Crippen LogP contribution in [0.3, 0.4) is 0 Å². The van der Waals surface area contributed by atoms with Crippen LogP contribution in [0.5, 0.6) is 0 Å². The van der Waals surface area contributed by atoms with E-state index < -0.39 is 6.04 Å². The highest BCUT2D eigenvalue weighted by molar-refractivity contribution is 6.06. The fourth-order valence-corrected chi connectivity index (χ4v) is 3.69. The molecule has 6 heteroatoms. The summed E-state index contributed by atoms with van der Waals surface area (Å²) in [5.74, 6) is -0.291. The van der Waals surface area contributed by atoms with Crippen LogP contribution in [0.4, 0.5) is 5.69 Å². The number of carbonyl (C=O) groups excluding carboxylic acids is 2. The molecular formula is C22H23N3O3. The smallest absolute Gasteiger partial charge is 0.255 e. The van der Waals surface area contributed by atoms with Crippen molar-refractivity contribution in [3.8, 4) is 0 Å². The average molecular weight is 377 g/mol. The van der Waals surface area contributed by atoms with Gasteiger partial charge in [-0.05, 0) is 36.8 Å². The zero-order chi connectivity index (χ0) is 19.7. The zero-order valence-electron chi connectivity index (χ0n) is 16.0. The molecular weight excluding hydrogens is 354 g/mol. The van der Waals surface area contributed by atoms with Crippen molar-refractivity contribution in [3.63, 3.8) is 0 Å². The van der Waals surface area contributed by atoms with Gasteiger partial charge in [-0.25, -0.2) is 0 Å². The van der Waals surface area contributed by atoms with Gasteiger partial charge in [0.05, 0.1) is 17.8 Å². The average Bonchev–Trinajstić information content (AvgIpc) is 3.28. The molecule has 1 N–H and O–H groups in total.